The smallest absolute Gasteiger partial charge is 0.225 e. The maximum absolute atomic E-state index is 12.9. The quantitative estimate of drug-likeness (QED) is 0.830. The minimum Gasteiger partial charge on any atom is -0.388 e. The minimum absolute atomic E-state index is 0. The van der Waals surface area contributed by atoms with E-state index in [4.69, 9.17) is 0 Å². The number of hydrogen-bond acceptors (Lipinski definition) is 5. The van der Waals surface area contributed by atoms with Crippen molar-refractivity contribution in [3.8, 4) is 0 Å². The van der Waals surface area contributed by atoms with E-state index in [1.54, 1.807) is 12.1 Å². The third-order valence-corrected chi connectivity index (χ3v) is 4.47. The number of rotatable bonds is 6. The summed E-state index contributed by atoms with van der Waals surface area (Å²) in [5.41, 5.74) is 0.750. The molecule has 1 aromatic carbocycles. The molecule has 3 rings (SSSR count). The molecule has 0 saturated carbocycles. The fourth-order valence-electron chi connectivity index (χ4n) is 3.00. The molecule has 0 aliphatic carbocycles. The Morgan fingerprint density at radius 2 is 1.58 bits per heavy atom. The Morgan fingerprint density at radius 3 is 2.19 bits per heavy atom. The molecule has 1 aliphatic heterocycles. The van der Waals surface area contributed by atoms with Crippen LogP contribution in [0.15, 0.2) is 36.7 Å². The van der Waals surface area contributed by atoms with Crippen LogP contribution in [0.5, 0.6) is 0 Å². The molecule has 0 bridgehead atoms. The van der Waals surface area contributed by atoms with E-state index >= 15 is 0 Å². The lowest BCUT2D eigenvalue weighted by Gasteiger charge is -2.34. The predicted octanol–water partition coefficient (Wildman–Crippen LogP) is 2.81. The van der Waals surface area contributed by atoms with Gasteiger partial charge in [-0.25, -0.2) is 18.7 Å². The van der Waals surface area contributed by atoms with Crippen LogP contribution < -0.4 is 4.90 Å². The van der Waals surface area contributed by atoms with E-state index < -0.39 is 11.9 Å². The van der Waals surface area contributed by atoms with E-state index in [-0.39, 0.29) is 18.2 Å². The first-order valence-electron chi connectivity index (χ1n) is 8.50. The average Bonchev–Trinajstić information content (AvgIpc) is 2.63. The second-order valence-corrected chi connectivity index (χ2v) is 6.24. The molecule has 1 fully saturated rings. The molecular formula is C18H23ClF2N4O. The number of anilines is 1. The number of aliphatic hydroxyl groups excluding tert-OH is 1. The Balaban J connectivity index is 0.00000243. The zero-order valence-corrected chi connectivity index (χ0v) is 15.2. The van der Waals surface area contributed by atoms with Gasteiger partial charge in [-0.05, 0) is 37.1 Å². The van der Waals surface area contributed by atoms with Crippen LogP contribution in [0.2, 0.25) is 0 Å². The SMILES string of the molecule is Cl.OC(CCCN1CCN(c2ncc(F)cn2)CC1)c1ccc(F)cc1. The Labute approximate surface area is 158 Å². The van der Waals surface area contributed by atoms with Crippen molar-refractivity contribution in [1.29, 1.82) is 0 Å². The highest BCUT2D eigenvalue weighted by atomic mass is 35.5. The molecule has 0 radical (unpaired) electrons. The Morgan fingerprint density at radius 1 is 0.962 bits per heavy atom. The fraction of sp³-hybridized carbons (Fsp3) is 0.444. The summed E-state index contributed by atoms with van der Waals surface area (Å²) < 4.78 is 25.8. The summed E-state index contributed by atoms with van der Waals surface area (Å²) in [5, 5.41) is 10.2. The molecule has 1 aliphatic rings. The molecule has 1 aromatic heterocycles. The number of halogens is 3. The van der Waals surface area contributed by atoms with Crippen molar-refractivity contribution in [3.05, 3.63) is 53.9 Å². The lowest BCUT2D eigenvalue weighted by atomic mass is 10.0. The maximum Gasteiger partial charge on any atom is 0.225 e. The third-order valence-electron chi connectivity index (χ3n) is 4.47. The second kappa shape index (κ2) is 9.75. The third kappa shape index (κ3) is 5.59. The van der Waals surface area contributed by atoms with Crippen LogP contribution in [-0.4, -0.2) is 52.7 Å². The highest BCUT2D eigenvalue weighted by Gasteiger charge is 2.19. The zero-order chi connectivity index (χ0) is 17.6. The molecule has 1 N–H and O–H groups in total. The van der Waals surface area contributed by atoms with Gasteiger partial charge in [0.2, 0.25) is 5.95 Å². The van der Waals surface area contributed by atoms with Gasteiger partial charge in [0, 0.05) is 26.2 Å². The average molecular weight is 385 g/mol. The van der Waals surface area contributed by atoms with Crippen molar-refractivity contribution in [2.45, 2.75) is 18.9 Å². The van der Waals surface area contributed by atoms with E-state index in [0.29, 0.717) is 12.4 Å². The summed E-state index contributed by atoms with van der Waals surface area (Å²) in [4.78, 5) is 12.4. The van der Waals surface area contributed by atoms with E-state index in [0.717, 1.165) is 44.7 Å². The topological polar surface area (TPSA) is 52.5 Å². The van der Waals surface area contributed by atoms with Gasteiger partial charge in [-0.2, -0.15) is 0 Å². The lowest BCUT2D eigenvalue weighted by Crippen LogP contribution is -2.47. The minimum atomic E-state index is -0.561. The molecular weight excluding hydrogens is 362 g/mol. The molecule has 2 heterocycles. The molecule has 1 atom stereocenters. The van der Waals surface area contributed by atoms with Crippen LogP contribution in [0.4, 0.5) is 14.7 Å². The van der Waals surface area contributed by atoms with E-state index in [1.165, 1.54) is 24.5 Å². The molecule has 1 saturated heterocycles. The van der Waals surface area contributed by atoms with Crippen LogP contribution in [0, 0.1) is 11.6 Å². The van der Waals surface area contributed by atoms with E-state index in [1.807, 2.05) is 4.90 Å². The van der Waals surface area contributed by atoms with Crippen LogP contribution in [-0.2, 0) is 0 Å². The number of aromatic nitrogens is 2. The van der Waals surface area contributed by atoms with Crippen molar-refractivity contribution in [2.75, 3.05) is 37.6 Å². The van der Waals surface area contributed by atoms with E-state index in [2.05, 4.69) is 14.9 Å². The van der Waals surface area contributed by atoms with Gasteiger partial charge in [0.1, 0.15) is 5.82 Å². The zero-order valence-electron chi connectivity index (χ0n) is 14.4. The van der Waals surface area contributed by atoms with Crippen molar-refractivity contribution in [1.82, 2.24) is 14.9 Å². The monoisotopic (exact) mass is 384 g/mol. The highest BCUT2D eigenvalue weighted by Crippen LogP contribution is 2.19. The summed E-state index contributed by atoms with van der Waals surface area (Å²) in [5.74, 6) is -0.158. The standard InChI is InChI=1S/C18H22F2N4O.ClH/c19-15-5-3-14(4-6-15)17(25)2-1-7-23-8-10-24(11-9-23)18-21-12-16(20)13-22-18;/h3-6,12-13,17,25H,1-2,7-11H2;1H. The van der Waals surface area contributed by atoms with Gasteiger partial charge in [-0.3, -0.25) is 4.90 Å². The van der Waals surface area contributed by atoms with Gasteiger partial charge >= 0.3 is 0 Å². The summed E-state index contributed by atoms with van der Waals surface area (Å²) >= 11 is 0. The Kier molecular flexibility index (Phi) is 7.68. The van der Waals surface area contributed by atoms with Gasteiger partial charge in [0.05, 0.1) is 18.5 Å². The molecule has 8 heteroatoms. The van der Waals surface area contributed by atoms with Crippen LogP contribution in [0.3, 0.4) is 0 Å². The van der Waals surface area contributed by atoms with Crippen molar-refractivity contribution < 1.29 is 13.9 Å². The van der Waals surface area contributed by atoms with Gasteiger partial charge in [-0.15, -0.1) is 12.4 Å². The number of hydrogen-bond donors (Lipinski definition) is 1. The van der Waals surface area contributed by atoms with Crippen LogP contribution in [0.25, 0.3) is 0 Å². The normalized spacial score (nSPS) is 16.2. The number of benzene rings is 1. The molecule has 1 unspecified atom stereocenters. The van der Waals surface area contributed by atoms with Gasteiger partial charge in [0.25, 0.3) is 0 Å². The van der Waals surface area contributed by atoms with Gasteiger partial charge in [-0.1, -0.05) is 12.1 Å². The van der Waals surface area contributed by atoms with Crippen molar-refractivity contribution in [3.63, 3.8) is 0 Å². The molecule has 2 aromatic rings. The first-order chi connectivity index (χ1) is 12.1. The largest absolute Gasteiger partial charge is 0.388 e. The van der Waals surface area contributed by atoms with Gasteiger partial charge < -0.3 is 10.0 Å². The summed E-state index contributed by atoms with van der Waals surface area (Å²) in [6.07, 6.45) is 3.32. The molecule has 26 heavy (non-hydrogen) atoms. The highest BCUT2D eigenvalue weighted by molar-refractivity contribution is 5.85. The number of nitrogens with zero attached hydrogens (tertiary/aromatic N) is 4. The molecule has 142 valence electrons. The van der Waals surface area contributed by atoms with Gasteiger partial charge in [0.15, 0.2) is 5.82 Å². The second-order valence-electron chi connectivity index (χ2n) is 6.24. The molecule has 5 nitrogen and oxygen atoms in total. The molecule has 0 amide bonds. The first kappa shape index (κ1) is 20.5. The lowest BCUT2D eigenvalue weighted by molar-refractivity contribution is 0.154. The summed E-state index contributed by atoms with van der Waals surface area (Å²) in [7, 11) is 0. The van der Waals surface area contributed by atoms with Crippen LogP contribution in [0.1, 0.15) is 24.5 Å². The fourth-order valence-corrected chi connectivity index (χ4v) is 3.00. The molecule has 0 spiro atoms. The van der Waals surface area contributed by atoms with E-state index in [9.17, 15) is 13.9 Å². The van der Waals surface area contributed by atoms with Crippen LogP contribution >= 0.6 is 12.4 Å². The predicted molar refractivity (Wildman–Crippen MR) is 98.5 cm³/mol. The Hall–Kier alpha value is -1.83. The van der Waals surface area contributed by atoms with Crippen molar-refractivity contribution in [2.24, 2.45) is 0 Å². The summed E-state index contributed by atoms with van der Waals surface area (Å²) in [6.45, 7) is 4.26. The Bertz CT molecular complexity index is 664. The van der Waals surface area contributed by atoms with Crippen molar-refractivity contribution >= 4 is 18.4 Å². The summed E-state index contributed by atoms with van der Waals surface area (Å²) in [6, 6.07) is 5.99. The number of aliphatic hydroxyl groups is 1. The number of piperazine rings is 1. The first-order valence-corrected chi connectivity index (χ1v) is 8.50. The maximum atomic E-state index is 12.9.